The van der Waals surface area contributed by atoms with Crippen LogP contribution in [-0.4, -0.2) is 39.8 Å². The summed E-state index contributed by atoms with van der Waals surface area (Å²) in [6, 6.07) is 13.4. The van der Waals surface area contributed by atoms with E-state index >= 15 is 0 Å². The first-order chi connectivity index (χ1) is 14.9. The van der Waals surface area contributed by atoms with E-state index in [2.05, 4.69) is 10.5 Å². The van der Waals surface area contributed by atoms with Crippen molar-refractivity contribution in [3.8, 4) is 11.3 Å². The summed E-state index contributed by atoms with van der Waals surface area (Å²) >= 11 is 6.12. The number of halogens is 1. The van der Waals surface area contributed by atoms with Gasteiger partial charge >= 0.3 is 6.03 Å². The number of carbonyl (C=O) groups excluding carboxylic acids is 3. The predicted molar refractivity (Wildman–Crippen MR) is 110 cm³/mol. The molecule has 1 atom stereocenters. The second-order valence-corrected chi connectivity index (χ2v) is 7.89. The third-order valence-electron chi connectivity index (χ3n) is 5.80. The molecule has 1 fully saturated rings. The number of hydrogen-bond donors (Lipinski definition) is 0. The number of aryl methyl sites for hydroxylation is 1. The number of imide groups is 1. The molecule has 1 radical (unpaired) electrons. The zero-order valence-corrected chi connectivity index (χ0v) is 17.4. The first-order valence-corrected chi connectivity index (χ1v) is 9.90. The molecular weight excluding hydrogens is 420 g/mol. The van der Waals surface area contributed by atoms with Crippen LogP contribution in [0.5, 0.6) is 0 Å². The number of rotatable bonds is 3. The quantitative estimate of drug-likeness (QED) is 0.464. The lowest BCUT2D eigenvalue weighted by Gasteiger charge is -2.25. The van der Waals surface area contributed by atoms with Crippen LogP contribution in [0.2, 0.25) is 5.02 Å². The van der Waals surface area contributed by atoms with E-state index in [-0.39, 0.29) is 6.54 Å². The van der Waals surface area contributed by atoms with Crippen molar-refractivity contribution in [3.63, 3.8) is 0 Å². The molecule has 0 bridgehead atoms. The molecule has 4 amide bonds. The highest BCUT2D eigenvalue weighted by Crippen LogP contribution is 2.46. The average Bonchev–Trinajstić information content (AvgIpc) is 3.33. The number of carbonyl (C=O) groups is 3. The summed E-state index contributed by atoms with van der Waals surface area (Å²) in [4.78, 5) is 41.9. The fraction of sp³-hybridized carbons (Fsp3) is 0.182. The molecule has 0 aliphatic carbocycles. The van der Waals surface area contributed by atoms with Gasteiger partial charge in [-0.2, -0.15) is 0 Å². The molecule has 0 N–H and O–H groups in total. The Balaban J connectivity index is 1.59. The number of amides is 4. The number of aromatic nitrogens is 1. The third-order valence-corrected chi connectivity index (χ3v) is 6.04. The van der Waals surface area contributed by atoms with Gasteiger partial charge in [0.1, 0.15) is 11.5 Å². The number of fused-ring (bicyclic) bond motifs is 2. The largest absolute Gasteiger partial charge is 0.361 e. The minimum absolute atomic E-state index is 0.0908. The van der Waals surface area contributed by atoms with Crippen molar-refractivity contribution in [3.05, 3.63) is 70.4 Å². The summed E-state index contributed by atoms with van der Waals surface area (Å²) in [5.41, 5.74) is 0.699. The minimum Gasteiger partial charge on any atom is -0.361 e. The van der Waals surface area contributed by atoms with E-state index in [1.165, 1.54) is 13.1 Å². The summed E-state index contributed by atoms with van der Waals surface area (Å²) < 4.78 is 5.35. The highest BCUT2D eigenvalue weighted by atomic mass is 35.5. The summed E-state index contributed by atoms with van der Waals surface area (Å²) in [7, 11) is 1.42. The van der Waals surface area contributed by atoms with Gasteiger partial charge < -0.3 is 9.42 Å². The molecule has 1 spiro atoms. The van der Waals surface area contributed by atoms with Gasteiger partial charge in [0.15, 0.2) is 0 Å². The number of benzene rings is 2. The van der Waals surface area contributed by atoms with Crippen molar-refractivity contribution in [1.82, 2.24) is 20.3 Å². The van der Waals surface area contributed by atoms with Crippen molar-refractivity contribution in [2.45, 2.75) is 19.0 Å². The van der Waals surface area contributed by atoms with E-state index in [0.29, 0.717) is 33.3 Å². The molecule has 1 unspecified atom stereocenters. The molecule has 3 heterocycles. The molecule has 0 saturated carbocycles. The lowest BCUT2D eigenvalue weighted by atomic mass is 9.90. The van der Waals surface area contributed by atoms with E-state index in [9.17, 15) is 14.4 Å². The van der Waals surface area contributed by atoms with Gasteiger partial charge in [0, 0.05) is 28.8 Å². The van der Waals surface area contributed by atoms with Crippen LogP contribution in [0, 0.1) is 6.92 Å². The Morgan fingerprint density at radius 1 is 1.10 bits per heavy atom. The van der Waals surface area contributed by atoms with Gasteiger partial charge in [-0.05, 0) is 25.1 Å². The van der Waals surface area contributed by atoms with Gasteiger partial charge in [0.25, 0.3) is 11.8 Å². The fourth-order valence-corrected chi connectivity index (χ4v) is 4.35. The molecule has 3 aromatic rings. The number of nitrogens with zero attached hydrogens (tertiary/aromatic N) is 4. The number of likely N-dealkylation sites (N-methyl/N-ethyl adjacent to an activating group) is 1. The van der Waals surface area contributed by atoms with Crippen molar-refractivity contribution in [1.29, 1.82) is 0 Å². The molecule has 8 nitrogen and oxygen atoms in total. The smallest absolute Gasteiger partial charge is 0.328 e. The minimum atomic E-state index is -1.85. The maximum absolute atomic E-state index is 13.6. The summed E-state index contributed by atoms with van der Waals surface area (Å²) in [5.74, 6) is -0.901. The zero-order valence-electron chi connectivity index (χ0n) is 16.6. The van der Waals surface area contributed by atoms with E-state index < -0.39 is 23.4 Å². The van der Waals surface area contributed by atoms with Crippen LogP contribution < -0.4 is 5.32 Å². The lowest BCUT2D eigenvalue weighted by molar-refractivity contribution is -0.142. The number of hydrogen-bond acceptors (Lipinski definition) is 5. The molecule has 9 heteroatoms. The fourth-order valence-electron chi connectivity index (χ4n) is 4.18. The van der Waals surface area contributed by atoms with Crippen LogP contribution in [0.15, 0.2) is 53.1 Å². The lowest BCUT2D eigenvalue weighted by Crippen LogP contribution is -2.50. The van der Waals surface area contributed by atoms with Crippen molar-refractivity contribution in [2.75, 3.05) is 7.05 Å². The third kappa shape index (κ3) is 2.55. The van der Waals surface area contributed by atoms with Gasteiger partial charge in [-0.25, -0.2) is 10.1 Å². The molecule has 5 rings (SSSR count). The highest BCUT2D eigenvalue weighted by Gasteiger charge is 2.66. The molecule has 2 aliphatic rings. The molecule has 31 heavy (non-hydrogen) atoms. The van der Waals surface area contributed by atoms with Crippen LogP contribution >= 0.6 is 11.6 Å². The first-order valence-electron chi connectivity index (χ1n) is 9.52. The number of urea groups is 1. The molecule has 155 valence electrons. The summed E-state index contributed by atoms with van der Waals surface area (Å²) in [5, 5.41) is 8.46. The van der Waals surface area contributed by atoms with E-state index in [1.54, 1.807) is 19.1 Å². The van der Waals surface area contributed by atoms with Crippen molar-refractivity contribution in [2.24, 2.45) is 0 Å². The van der Waals surface area contributed by atoms with E-state index in [1.807, 2.05) is 30.3 Å². The maximum atomic E-state index is 13.6. The van der Waals surface area contributed by atoms with Crippen LogP contribution in [0.4, 0.5) is 10.5 Å². The monoisotopic (exact) mass is 435 g/mol. The van der Waals surface area contributed by atoms with Crippen LogP contribution in [0.3, 0.4) is 0 Å². The van der Waals surface area contributed by atoms with Gasteiger partial charge in [-0.15, -0.1) is 0 Å². The van der Waals surface area contributed by atoms with Gasteiger partial charge in [-0.1, -0.05) is 47.1 Å². The molecular formula is C22H16ClN4O4. The Kier molecular flexibility index (Phi) is 4.16. The van der Waals surface area contributed by atoms with Crippen LogP contribution in [-0.2, 0) is 21.7 Å². The maximum Gasteiger partial charge on any atom is 0.328 e. The summed E-state index contributed by atoms with van der Waals surface area (Å²) in [6.45, 7) is 1.62. The zero-order chi connectivity index (χ0) is 21.9. The van der Waals surface area contributed by atoms with Crippen molar-refractivity contribution < 1.29 is 18.9 Å². The summed E-state index contributed by atoms with van der Waals surface area (Å²) in [6.07, 6.45) is 0. The second kappa shape index (κ2) is 6.68. The Bertz CT molecular complexity index is 1260. The highest BCUT2D eigenvalue weighted by molar-refractivity contribution is 6.31. The second-order valence-electron chi connectivity index (χ2n) is 7.45. The Labute approximate surface area is 182 Å². The van der Waals surface area contributed by atoms with Crippen LogP contribution in [0.1, 0.15) is 16.9 Å². The topological polar surface area (TPSA) is 97.8 Å². The van der Waals surface area contributed by atoms with Gasteiger partial charge in [-0.3, -0.25) is 14.5 Å². The first kappa shape index (κ1) is 19.3. The Morgan fingerprint density at radius 3 is 2.58 bits per heavy atom. The van der Waals surface area contributed by atoms with E-state index in [0.717, 1.165) is 15.4 Å². The molecule has 2 aliphatic heterocycles. The van der Waals surface area contributed by atoms with Gasteiger partial charge in [0.2, 0.25) is 5.54 Å². The van der Waals surface area contributed by atoms with Crippen molar-refractivity contribution >= 4 is 35.1 Å². The van der Waals surface area contributed by atoms with E-state index in [4.69, 9.17) is 16.1 Å². The normalized spacial score (nSPS) is 20.0. The van der Waals surface area contributed by atoms with Gasteiger partial charge in [0.05, 0.1) is 12.2 Å². The van der Waals surface area contributed by atoms with Crippen LogP contribution in [0.25, 0.3) is 11.3 Å². The molecule has 2 aromatic carbocycles. The Morgan fingerprint density at radius 2 is 1.84 bits per heavy atom. The molecule has 1 saturated heterocycles. The predicted octanol–water partition coefficient (Wildman–Crippen LogP) is 3.37. The Hall–Kier alpha value is -3.65. The SMILES string of the molecule is Cc1onc(-c2ccccc2)c1CN1C(=O)N(C)C2(C(=O)[N]c3ccc(Cl)cc32)C1=O. The molecule has 1 aromatic heterocycles. The standard InChI is InChI=1S/C22H16ClN4O4/c1-12-15(18(25-31-12)13-6-4-3-5-7-13)11-27-20(29)22(26(2)21(27)30)16-10-14(23)8-9-17(16)24-19(22)28/h3-10H,11H2,1-2H3. The average molecular weight is 436 g/mol.